The fourth-order valence-corrected chi connectivity index (χ4v) is 3.83. The number of aryl methyl sites for hydroxylation is 1. The fraction of sp³-hybridized carbons (Fsp3) is 0.333. The maximum Gasteiger partial charge on any atom is 0.261 e. The van der Waals surface area contributed by atoms with Crippen LogP contribution in [-0.4, -0.2) is 35.4 Å². The molecular formula is C30H35FN2O3. The van der Waals surface area contributed by atoms with E-state index in [2.05, 4.69) is 12.2 Å². The summed E-state index contributed by atoms with van der Waals surface area (Å²) in [6.07, 6.45) is 2.03. The second-order valence-electron chi connectivity index (χ2n) is 8.96. The molecule has 3 aromatic rings. The minimum atomic E-state index is -0.759. The van der Waals surface area contributed by atoms with Gasteiger partial charge in [-0.15, -0.1) is 0 Å². The molecule has 0 radical (unpaired) electrons. The smallest absolute Gasteiger partial charge is 0.261 e. The highest BCUT2D eigenvalue weighted by atomic mass is 19.1. The van der Waals surface area contributed by atoms with E-state index in [-0.39, 0.29) is 36.8 Å². The first-order chi connectivity index (χ1) is 17.4. The van der Waals surface area contributed by atoms with Crippen LogP contribution < -0.4 is 10.1 Å². The van der Waals surface area contributed by atoms with Crippen molar-refractivity contribution in [1.29, 1.82) is 0 Å². The molecule has 3 aromatic carbocycles. The third kappa shape index (κ3) is 7.94. The van der Waals surface area contributed by atoms with E-state index in [9.17, 15) is 14.0 Å². The van der Waals surface area contributed by atoms with Crippen molar-refractivity contribution in [3.05, 3.63) is 101 Å². The topological polar surface area (TPSA) is 58.6 Å². The third-order valence-corrected chi connectivity index (χ3v) is 6.23. The van der Waals surface area contributed by atoms with Crippen LogP contribution in [0.2, 0.25) is 0 Å². The molecule has 5 nitrogen and oxygen atoms in total. The van der Waals surface area contributed by atoms with Crippen LogP contribution in [0.1, 0.15) is 43.9 Å². The molecule has 0 aromatic heterocycles. The van der Waals surface area contributed by atoms with Gasteiger partial charge in [-0.05, 0) is 60.7 Å². The van der Waals surface area contributed by atoms with Gasteiger partial charge in [-0.3, -0.25) is 9.59 Å². The second-order valence-corrected chi connectivity index (χ2v) is 8.96. The lowest BCUT2D eigenvalue weighted by molar-refractivity contribution is -0.143. The first-order valence-electron chi connectivity index (χ1n) is 12.5. The normalized spacial score (nSPS) is 12.4. The van der Waals surface area contributed by atoms with Gasteiger partial charge in [0.2, 0.25) is 5.91 Å². The number of rotatable bonds is 12. The van der Waals surface area contributed by atoms with Crippen molar-refractivity contribution < 1.29 is 18.7 Å². The molecule has 0 heterocycles. The molecule has 0 saturated carbocycles. The Hall–Kier alpha value is -3.67. The Morgan fingerprint density at radius 1 is 0.889 bits per heavy atom. The van der Waals surface area contributed by atoms with Crippen molar-refractivity contribution in [2.24, 2.45) is 0 Å². The maximum atomic E-state index is 13.5. The average Bonchev–Trinajstić information content (AvgIpc) is 2.91. The number of benzene rings is 3. The summed E-state index contributed by atoms with van der Waals surface area (Å²) in [4.78, 5) is 28.5. The molecule has 0 spiro atoms. The van der Waals surface area contributed by atoms with Gasteiger partial charge in [0.15, 0.2) is 6.61 Å². The Bertz CT molecular complexity index is 1100. The summed E-state index contributed by atoms with van der Waals surface area (Å²) in [5, 5.41) is 3.03. The molecule has 0 unspecified atom stereocenters. The molecule has 0 fully saturated rings. The molecule has 2 atom stereocenters. The van der Waals surface area contributed by atoms with E-state index in [1.54, 1.807) is 17.0 Å². The number of hydrogen-bond donors (Lipinski definition) is 1. The lowest BCUT2D eigenvalue weighted by Gasteiger charge is -2.32. The quantitative estimate of drug-likeness (QED) is 0.374. The highest BCUT2D eigenvalue weighted by Crippen LogP contribution is 2.17. The third-order valence-electron chi connectivity index (χ3n) is 6.23. The SMILES string of the molecule is CCc1ccc(OCC(=O)N(Cc2ccc(F)cc2)[C@H](Cc2ccccc2)C(=O)N[C@H](C)CC)cc1. The van der Waals surface area contributed by atoms with Crippen molar-refractivity contribution in [1.82, 2.24) is 10.2 Å². The van der Waals surface area contributed by atoms with Gasteiger partial charge in [0, 0.05) is 19.0 Å². The van der Waals surface area contributed by atoms with E-state index in [0.29, 0.717) is 12.2 Å². The fourth-order valence-electron chi connectivity index (χ4n) is 3.83. The Kier molecular flexibility index (Phi) is 10.0. The van der Waals surface area contributed by atoms with Crippen LogP contribution in [0, 0.1) is 5.82 Å². The number of carbonyl (C=O) groups excluding carboxylic acids is 2. The maximum absolute atomic E-state index is 13.5. The minimum absolute atomic E-state index is 0.0353. The van der Waals surface area contributed by atoms with E-state index < -0.39 is 6.04 Å². The molecule has 2 amide bonds. The molecule has 36 heavy (non-hydrogen) atoms. The first kappa shape index (κ1) is 26.9. The number of ether oxygens (including phenoxy) is 1. The number of hydrogen-bond acceptors (Lipinski definition) is 3. The Morgan fingerprint density at radius 2 is 1.53 bits per heavy atom. The molecule has 3 rings (SSSR count). The van der Waals surface area contributed by atoms with Crippen molar-refractivity contribution in [3.63, 3.8) is 0 Å². The number of nitrogens with zero attached hydrogens (tertiary/aromatic N) is 1. The highest BCUT2D eigenvalue weighted by molar-refractivity contribution is 5.88. The van der Waals surface area contributed by atoms with Gasteiger partial charge in [-0.25, -0.2) is 4.39 Å². The lowest BCUT2D eigenvalue weighted by atomic mass is 10.0. The monoisotopic (exact) mass is 490 g/mol. The van der Waals surface area contributed by atoms with Gasteiger partial charge in [-0.2, -0.15) is 0 Å². The summed E-state index contributed by atoms with van der Waals surface area (Å²) < 4.78 is 19.3. The van der Waals surface area contributed by atoms with Gasteiger partial charge in [-0.1, -0.05) is 68.4 Å². The van der Waals surface area contributed by atoms with Gasteiger partial charge in [0.1, 0.15) is 17.6 Å². The van der Waals surface area contributed by atoms with Gasteiger partial charge >= 0.3 is 0 Å². The summed E-state index contributed by atoms with van der Waals surface area (Å²) >= 11 is 0. The zero-order valence-electron chi connectivity index (χ0n) is 21.2. The molecular weight excluding hydrogens is 455 g/mol. The lowest BCUT2D eigenvalue weighted by Crippen LogP contribution is -2.53. The van der Waals surface area contributed by atoms with Crippen LogP contribution in [0.15, 0.2) is 78.9 Å². The zero-order valence-corrected chi connectivity index (χ0v) is 21.2. The first-order valence-corrected chi connectivity index (χ1v) is 12.5. The van der Waals surface area contributed by atoms with Crippen LogP contribution in [0.3, 0.4) is 0 Å². The summed E-state index contributed by atoms with van der Waals surface area (Å²) in [5.74, 6) is -0.313. The van der Waals surface area contributed by atoms with Gasteiger partial charge < -0.3 is 15.0 Å². The standard InChI is InChI=1S/C30H35FN2O3/c1-4-22(3)32-30(35)28(19-24-9-7-6-8-10-24)33(20-25-11-15-26(31)16-12-25)29(34)21-36-27-17-13-23(5-2)14-18-27/h6-18,22,28H,4-5,19-21H2,1-3H3,(H,32,35)/t22-,28-/m1/s1. The van der Waals surface area contributed by atoms with Gasteiger partial charge in [0.25, 0.3) is 5.91 Å². The summed E-state index contributed by atoms with van der Waals surface area (Å²) in [5.41, 5.74) is 2.84. The van der Waals surface area contributed by atoms with E-state index >= 15 is 0 Å². The highest BCUT2D eigenvalue weighted by Gasteiger charge is 2.31. The minimum Gasteiger partial charge on any atom is -0.484 e. The van der Waals surface area contributed by atoms with Crippen LogP contribution in [0.5, 0.6) is 5.75 Å². The van der Waals surface area contributed by atoms with E-state index in [1.807, 2.05) is 68.4 Å². The number of amides is 2. The number of nitrogens with one attached hydrogen (secondary N) is 1. The molecule has 1 N–H and O–H groups in total. The number of halogens is 1. The molecule has 190 valence electrons. The predicted molar refractivity (Wildman–Crippen MR) is 140 cm³/mol. The Labute approximate surface area is 213 Å². The average molecular weight is 491 g/mol. The summed E-state index contributed by atoms with van der Waals surface area (Å²) in [7, 11) is 0. The van der Waals surface area contributed by atoms with Crippen LogP contribution in [0.4, 0.5) is 4.39 Å². The van der Waals surface area contributed by atoms with Crippen molar-refractivity contribution in [3.8, 4) is 5.75 Å². The predicted octanol–water partition coefficient (Wildman–Crippen LogP) is 5.32. The molecule has 0 aliphatic heterocycles. The van der Waals surface area contributed by atoms with Crippen LogP contribution >= 0.6 is 0 Å². The zero-order chi connectivity index (χ0) is 25.9. The van der Waals surface area contributed by atoms with Crippen molar-refractivity contribution >= 4 is 11.8 Å². The summed E-state index contributed by atoms with van der Waals surface area (Å²) in [6.45, 7) is 5.95. The van der Waals surface area contributed by atoms with Crippen LogP contribution in [-0.2, 0) is 29.0 Å². The number of carbonyl (C=O) groups is 2. The van der Waals surface area contributed by atoms with E-state index in [0.717, 1.165) is 24.0 Å². The summed E-state index contributed by atoms with van der Waals surface area (Å²) in [6, 6.07) is 22.4. The second kappa shape index (κ2) is 13.4. The van der Waals surface area contributed by atoms with E-state index in [1.165, 1.54) is 17.7 Å². The van der Waals surface area contributed by atoms with Crippen molar-refractivity contribution in [2.75, 3.05) is 6.61 Å². The largest absolute Gasteiger partial charge is 0.484 e. The molecule has 6 heteroatoms. The van der Waals surface area contributed by atoms with Gasteiger partial charge in [0.05, 0.1) is 0 Å². The Balaban J connectivity index is 1.88. The molecule has 0 aliphatic carbocycles. The van der Waals surface area contributed by atoms with E-state index in [4.69, 9.17) is 4.74 Å². The molecule has 0 aliphatic rings. The Morgan fingerprint density at radius 3 is 2.14 bits per heavy atom. The molecule has 0 bridgehead atoms. The van der Waals surface area contributed by atoms with Crippen molar-refractivity contribution in [2.45, 2.75) is 58.7 Å². The van der Waals surface area contributed by atoms with Crippen LogP contribution in [0.25, 0.3) is 0 Å². The molecule has 0 saturated heterocycles.